The van der Waals surface area contributed by atoms with Crippen LogP contribution in [-0.2, 0) is 4.79 Å². The molecule has 23 heavy (non-hydrogen) atoms. The van der Waals surface area contributed by atoms with Crippen LogP contribution >= 0.6 is 0 Å². The summed E-state index contributed by atoms with van der Waals surface area (Å²) in [6.45, 7) is 7.61. The highest BCUT2D eigenvalue weighted by molar-refractivity contribution is 5.83. The van der Waals surface area contributed by atoms with Crippen LogP contribution in [0.4, 0.5) is 5.69 Å². The van der Waals surface area contributed by atoms with E-state index >= 15 is 0 Å². The van der Waals surface area contributed by atoms with Crippen LogP contribution in [0.1, 0.15) is 12.5 Å². The minimum Gasteiger partial charge on any atom is -0.378 e. The second kappa shape index (κ2) is 8.64. The van der Waals surface area contributed by atoms with Crippen molar-refractivity contribution in [2.45, 2.75) is 6.92 Å². The molecule has 6 nitrogen and oxygen atoms in total. The van der Waals surface area contributed by atoms with Crippen molar-refractivity contribution in [2.24, 2.45) is 5.10 Å². The molecule has 1 aliphatic heterocycles. The fraction of sp³-hybridized carbons (Fsp3) is 0.529. The average molecular weight is 317 g/mol. The first-order chi connectivity index (χ1) is 11.1. The van der Waals surface area contributed by atoms with Crippen molar-refractivity contribution in [1.29, 1.82) is 0 Å². The van der Waals surface area contributed by atoms with E-state index in [-0.39, 0.29) is 5.91 Å². The summed E-state index contributed by atoms with van der Waals surface area (Å²) >= 11 is 0. The number of hydrogen-bond acceptors (Lipinski definition) is 5. The largest absolute Gasteiger partial charge is 0.378 e. The van der Waals surface area contributed by atoms with Crippen molar-refractivity contribution in [2.75, 3.05) is 58.3 Å². The van der Waals surface area contributed by atoms with E-state index in [4.69, 9.17) is 0 Å². The monoisotopic (exact) mass is 317 g/mol. The molecule has 0 unspecified atom stereocenters. The molecule has 1 aromatic carbocycles. The number of hydrogen-bond donors (Lipinski definition) is 1. The molecule has 1 saturated heterocycles. The number of amides is 1. The molecule has 1 aliphatic rings. The fourth-order valence-electron chi connectivity index (χ4n) is 2.54. The van der Waals surface area contributed by atoms with E-state index in [1.54, 1.807) is 6.21 Å². The molecule has 126 valence electrons. The lowest BCUT2D eigenvalue weighted by molar-refractivity contribution is -0.122. The molecular formula is C17H27N5O. The topological polar surface area (TPSA) is 51.2 Å². The summed E-state index contributed by atoms with van der Waals surface area (Å²) in [5.41, 5.74) is 4.71. The van der Waals surface area contributed by atoms with Gasteiger partial charge in [0.1, 0.15) is 0 Å². The zero-order valence-corrected chi connectivity index (χ0v) is 14.3. The van der Waals surface area contributed by atoms with Crippen LogP contribution in [0.5, 0.6) is 0 Å². The van der Waals surface area contributed by atoms with Crippen LogP contribution in [0.15, 0.2) is 29.4 Å². The summed E-state index contributed by atoms with van der Waals surface area (Å²) < 4.78 is 0. The van der Waals surface area contributed by atoms with Crippen molar-refractivity contribution in [3.05, 3.63) is 29.8 Å². The summed E-state index contributed by atoms with van der Waals surface area (Å²) in [5.74, 6) is -0.0592. The Morgan fingerprint density at radius 3 is 2.35 bits per heavy atom. The van der Waals surface area contributed by atoms with Crippen molar-refractivity contribution in [3.63, 3.8) is 0 Å². The van der Waals surface area contributed by atoms with Gasteiger partial charge in [-0.05, 0) is 24.2 Å². The van der Waals surface area contributed by atoms with E-state index in [1.165, 1.54) is 0 Å². The van der Waals surface area contributed by atoms with Gasteiger partial charge in [-0.1, -0.05) is 19.1 Å². The summed E-state index contributed by atoms with van der Waals surface area (Å²) in [6.07, 6.45) is 1.67. The molecule has 0 aromatic heterocycles. The molecule has 0 bridgehead atoms. The highest BCUT2D eigenvalue weighted by Gasteiger charge is 2.17. The van der Waals surface area contributed by atoms with E-state index in [2.05, 4.69) is 27.3 Å². The van der Waals surface area contributed by atoms with Crippen molar-refractivity contribution in [1.82, 2.24) is 15.2 Å². The molecule has 0 radical (unpaired) electrons. The first-order valence-electron chi connectivity index (χ1n) is 8.12. The van der Waals surface area contributed by atoms with Crippen LogP contribution in [0, 0.1) is 0 Å². The molecular weight excluding hydrogens is 290 g/mol. The third kappa shape index (κ3) is 5.65. The zero-order chi connectivity index (χ0) is 16.7. The van der Waals surface area contributed by atoms with Gasteiger partial charge >= 0.3 is 0 Å². The van der Waals surface area contributed by atoms with Crippen molar-refractivity contribution in [3.8, 4) is 0 Å². The predicted molar refractivity (Wildman–Crippen MR) is 95.1 cm³/mol. The van der Waals surface area contributed by atoms with Gasteiger partial charge in [-0.3, -0.25) is 9.69 Å². The molecule has 2 rings (SSSR count). The Kier molecular flexibility index (Phi) is 6.55. The van der Waals surface area contributed by atoms with Gasteiger partial charge < -0.3 is 9.80 Å². The van der Waals surface area contributed by atoms with E-state index in [0.717, 1.165) is 44.0 Å². The molecule has 1 heterocycles. The lowest BCUT2D eigenvalue weighted by Crippen LogP contribution is -2.48. The number of carbonyl (C=O) groups excluding carboxylic acids is 1. The van der Waals surface area contributed by atoms with Gasteiger partial charge in [-0.2, -0.15) is 5.10 Å². The fourth-order valence-corrected chi connectivity index (χ4v) is 2.54. The van der Waals surface area contributed by atoms with Gasteiger partial charge in [0.15, 0.2) is 0 Å². The third-order valence-electron chi connectivity index (χ3n) is 4.09. The number of nitrogens with one attached hydrogen (secondary N) is 1. The molecule has 6 heteroatoms. The van der Waals surface area contributed by atoms with E-state index < -0.39 is 0 Å². The standard InChI is InChI=1S/C17H27N5O/c1-4-21-9-11-22(12-10-21)14-17(23)19-18-13-15-5-7-16(8-6-15)20(2)3/h5-8,13H,4,9-12,14H2,1-3H3,(H,19,23). The first-order valence-corrected chi connectivity index (χ1v) is 8.12. The third-order valence-corrected chi connectivity index (χ3v) is 4.09. The Labute approximate surface area is 138 Å². The molecule has 0 atom stereocenters. The number of likely N-dealkylation sites (N-methyl/N-ethyl adjacent to an activating group) is 1. The van der Waals surface area contributed by atoms with Crippen LogP contribution in [0.3, 0.4) is 0 Å². The second-order valence-corrected chi connectivity index (χ2v) is 5.99. The number of anilines is 1. The molecule has 0 spiro atoms. The van der Waals surface area contributed by atoms with Crippen LogP contribution < -0.4 is 10.3 Å². The Bertz CT molecular complexity index is 518. The zero-order valence-electron chi connectivity index (χ0n) is 14.3. The van der Waals surface area contributed by atoms with E-state index in [1.807, 2.05) is 43.3 Å². The SMILES string of the molecule is CCN1CCN(CC(=O)NN=Cc2ccc(N(C)C)cc2)CC1. The lowest BCUT2D eigenvalue weighted by Gasteiger charge is -2.33. The van der Waals surface area contributed by atoms with Gasteiger partial charge in [0, 0.05) is 46.0 Å². The highest BCUT2D eigenvalue weighted by atomic mass is 16.2. The Morgan fingerprint density at radius 2 is 1.78 bits per heavy atom. The smallest absolute Gasteiger partial charge is 0.254 e. The number of piperazine rings is 1. The van der Waals surface area contributed by atoms with Crippen molar-refractivity contribution >= 4 is 17.8 Å². The van der Waals surface area contributed by atoms with Gasteiger partial charge in [-0.15, -0.1) is 0 Å². The van der Waals surface area contributed by atoms with Crippen molar-refractivity contribution < 1.29 is 4.79 Å². The maximum absolute atomic E-state index is 11.9. The number of carbonyl (C=O) groups is 1. The summed E-state index contributed by atoms with van der Waals surface area (Å²) in [4.78, 5) is 18.5. The van der Waals surface area contributed by atoms with Crippen LogP contribution in [0.25, 0.3) is 0 Å². The maximum atomic E-state index is 11.9. The Hall–Kier alpha value is -1.92. The molecule has 0 aliphatic carbocycles. The molecule has 1 N–H and O–H groups in total. The Balaban J connectivity index is 1.73. The van der Waals surface area contributed by atoms with E-state index in [0.29, 0.717) is 6.54 Å². The maximum Gasteiger partial charge on any atom is 0.254 e. The normalized spacial score (nSPS) is 16.7. The van der Waals surface area contributed by atoms with Gasteiger partial charge in [0.05, 0.1) is 12.8 Å². The molecule has 1 aromatic rings. The molecule has 0 saturated carbocycles. The summed E-state index contributed by atoms with van der Waals surface area (Å²) in [5, 5.41) is 4.04. The summed E-state index contributed by atoms with van der Waals surface area (Å²) in [6, 6.07) is 8.01. The predicted octanol–water partition coefficient (Wildman–Crippen LogP) is 0.840. The minimum absolute atomic E-state index is 0.0592. The van der Waals surface area contributed by atoms with Gasteiger partial charge in [0.2, 0.25) is 0 Å². The quantitative estimate of drug-likeness (QED) is 0.624. The average Bonchev–Trinajstić information content (AvgIpc) is 2.56. The number of rotatable bonds is 6. The van der Waals surface area contributed by atoms with Gasteiger partial charge in [0.25, 0.3) is 5.91 Å². The van der Waals surface area contributed by atoms with E-state index in [9.17, 15) is 4.79 Å². The number of nitrogens with zero attached hydrogens (tertiary/aromatic N) is 4. The number of benzene rings is 1. The Morgan fingerprint density at radius 1 is 1.17 bits per heavy atom. The summed E-state index contributed by atoms with van der Waals surface area (Å²) in [7, 11) is 4.01. The highest BCUT2D eigenvalue weighted by Crippen LogP contribution is 2.10. The van der Waals surface area contributed by atoms with Crippen LogP contribution in [-0.4, -0.2) is 75.3 Å². The first kappa shape index (κ1) is 17.4. The number of hydrazone groups is 1. The molecule has 1 fully saturated rings. The second-order valence-electron chi connectivity index (χ2n) is 5.99. The van der Waals surface area contributed by atoms with Crippen LogP contribution in [0.2, 0.25) is 0 Å². The lowest BCUT2D eigenvalue weighted by atomic mass is 10.2. The minimum atomic E-state index is -0.0592. The molecule has 1 amide bonds. The van der Waals surface area contributed by atoms with Gasteiger partial charge in [-0.25, -0.2) is 5.43 Å².